The Hall–Kier alpha value is -0.170. The quantitative estimate of drug-likeness (QED) is 0.663. The highest BCUT2D eigenvalue weighted by atomic mass is 32.1. The first-order chi connectivity index (χ1) is 7.82. The molecule has 2 aliphatic carbocycles. The fourth-order valence-corrected chi connectivity index (χ4v) is 4.16. The predicted molar refractivity (Wildman–Crippen MR) is 79.4 cm³/mol. The van der Waals surface area contributed by atoms with E-state index in [2.05, 4.69) is 52.8 Å². The second kappa shape index (κ2) is 4.19. The van der Waals surface area contributed by atoms with Crippen molar-refractivity contribution in [1.29, 1.82) is 0 Å². The minimum absolute atomic E-state index is 0.172. The molecule has 5 atom stereocenters. The molecule has 0 aromatic rings. The van der Waals surface area contributed by atoms with Crippen molar-refractivity contribution in [2.75, 3.05) is 0 Å². The molecule has 1 heteroatoms. The third kappa shape index (κ3) is 1.91. The van der Waals surface area contributed by atoms with E-state index >= 15 is 0 Å². The number of hydrogen-bond acceptors (Lipinski definition) is 1. The Balaban J connectivity index is 2.28. The second-order valence-electron chi connectivity index (χ2n) is 6.54. The summed E-state index contributed by atoms with van der Waals surface area (Å²) in [6.07, 6.45) is 9.67. The summed E-state index contributed by atoms with van der Waals surface area (Å²) in [6.45, 7) is 11.8. The van der Waals surface area contributed by atoms with E-state index in [-0.39, 0.29) is 4.75 Å². The van der Waals surface area contributed by atoms with Crippen molar-refractivity contribution in [2.45, 2.75) is 52.2 Å². The van der Waals surface area contributed by atoms with Crippen LogP contribution in [0.5, 0.6) is 0 Å². The third-order valence-electron chi connectivity index (χ3n) is 5.69. The van der Waals surface area contributed by atoms with E-state index in [9.17, 15) is 0 Å². The normalized spacial score (nSPS) is 49.8. The third-order valence-corrected chi connectivity index (χ3v) is 6.52. The van der Waals surface area contributed by atoms with Gasteiger partial charge in [-0.2, -0.15) is 12.6 Å². The van der Waals surface area contributed by atoms with Crippen molar-refractivity contribution in [3.8, 4) is 0 Å². The maximum atomic E-state index is 4.95. The molecule has 0 nitrogen and oxygen atoms in total. The van der Waals surface area contributed by atoms with Gasteiger partial charge in [0, 0.05) is 10.7 Å². The molecule has 2 rings (SSSR count). The minimum atomic E-state index is 0.172. The molecule has 0 aromatic carbocycles. The molecule has 1 unspecified atom stereocenters. The maximum absolute atomic E-state index is 4.95. The summed E-state index contributed by atoms with van der Waals surface area (Å²) in [6, 6.07) is 0. The Morgan fingerprint density at radius 3 is 2.41 bits per heavy atom. The van der Waals surface area contributed by atoms with Gasteiger partial charge in [0.2, 0.25) is 0 Å². The molecule has 0 spiro atoms. The van der Waals surface area contributed by atoms with Crippen LogP contribution in [0.1, 0.15) is 47.5 Å². The summed E-state index contributed by atoms with van der Waals surface area (Å²) in [5.41, 5.74) is 1.88. The topological polar surface area (TPSA) is 0 Å². The fourth-order valence-electron chi connectivity index (χ4n) is 3.78. The Morgan fingerprint density at radius 1 is 1.35 bits per heavy atom. The van der Waals surface area contributed by atoms with Crippen LogP contribution in [-0.2, 0) is 0 Å². The number of rotatable bonds is 2. The lowest BCUT2D eigenvalue weighted by molar-refractivity contribution is 0.188. The highest BCUT2D eigenvalue weighted by Crippen LogP contribution is 2.59. The van der Waals surface area contributed by atoms with E-state index in [4.69, 9.17) is 12.6 Å². The van der Waals surface area contributed by atoms with Gasteiger partial charge in [0.05, 0.1) is 0 Å². The lowest BCUT2D eigenvalue weighted by atomic mass is 9.69. The zero-order valence-corrected chi connectivity index (χ0v) is 12.7. The molecule has 17 heavy (non-hydrogen) atoms. The standard InChI is InChI=1S/C16H26S/c1-6-13-7-8-14(9-13)15(4)10-11(2)16(5,17)12(15)3/h7-9,11-12,14,17H,6,10H2,1-5H3/t11-,12+,14?,15-,16+/m1/s1. The van der Waals surface area contributed by atoms with Gasteiger partial charge in [0.25, 0.3) is 0 Å². The van der Waals surface area contributed by atoms with E-state index in [0.29, 0.717) is 23.2 Å². The molecule has 0 radical (unpaired) electrons. The van der Waals surface area contributed by atoms with Crippen molar-refractivity contribution in [1.82, 2.24) is 0 Å². The van der Waals surface area contributed by atoms with Gasteiger partial charge in [-0.25, -0.2) is 0 Å². The van der Waals surface area contributed by atoms with Gasteiger partial charge in [-0.15, -0.1) is 0 Å². The van der Waals surface area contributed by atoms with Crippen LogP contribution in [0.15, 0.2) is 23.8 Å². The summed E-state index contributed by atoms with van der Waals surface area (Å²) in [4.78, 5) is 0. The first kappa shape index (κ1) is 13.3. The first-order valence-electron chi connectivity index (χ1n) is 6.93. The highest BCUT2D eigenvalue weighted by molar-refractivity contribution is 7.81. The van der Waals surface area contributed by atoms with Gasteiger partial charge >= 0.3 is 0 Å². The average molecular weight is 250 g/mol. The highest BCUT2D eigenvalue weighted by Gasteiger charge is 2.54. The molecule has 0 amide bonds. The zero-order valence-electron chi connectivity index (χ0n) is 11.8. The van der Waals surface area contributed by atoms with Crippen LogP contribution in [0.3, 0.4) is 0 Å². The lowest BCUT2D eigenvalue weighted by Crippen LogP contribution is -2.35. The second-order valence-corrected chi connectivity index (χ2v) is 7.50. The van der Waals surface area contributed by atoms with Crippen LogP contribution < -0.4 is 0 Å². The molecule has 1 saturated carbocycles. The predicted octanol–water partition coefficient (Wildman–Crippen LogP) is 4.88. The number of hydrogen-bond donors (Lipinski definition) is 1. The number of thiol groups is 1. The largest absolute Gasteiger partial charge is 0.172 e. The van der Waals surface area contributed by atoms with Crippen LogP contribution in [0.2, 0.25) is 0 Å². The van der Waals surface area contributed by atoms with Gasteiger partial charge in [-0.05, 0) is 30.1 Å². The van der Waals surface area contributed by atoms with Crippen LogP contribution >= 0.6 is 12.6 Å². The molecular weight excluding hydrogens is 224 g/mol. The summed E-state index contributed by atoms with van der Waals surface area (Å²) >= 11 is 4.95. The monoisotopic (exact) mass is 250 g/mol. The molecule has 96 valence electrons. The maximum Gasteiger partial charge on any atom is 0.0158 e. The molecule has 0 heterocycles. The van der Waals surface area contributed by atoms with E-state index in [0.717, 1.165) is 6.42 Å². The molecular formula is C16H26S. The fraction of sp³-hybridized carbons (Fsp3) is 0.750. The van der Waals surface area contributed by atoms with Crippen molar-refractivity contribution in [2.24, 2.45) is 23.2 Å². The van der Waals surface area contributed by atoms with E-state index in [1.165, 1.54) is 12.0 Å². The van der Waals surface area contributed by atoms with Crippen molar-refractivity contribution in [3.05, 3.63) is 23.8 Å². The summed E-state index contributed by atoms with van der Waals surface area (Å²) in [5, 5.41) is 0. The summed E-state index contributed by atoms with van der Waals surface area (Å²) in [7, 11) is 0. The van der Waals surface area contributed by atoms with Crippen LogP contribution in [0, 0.1) is 23.2 Å². The number of allylic oxidation sites excluding steroid dienone is 4. The van der Waals surface area contributed by atoms with Gasteiger partial charge in [-0.3, -0.25) is 0 Å². The van der Waals surface area contributed by atoms with E-state index < -0.39 is 0 Å². The van der Waals surface area contributed by atoms with Gasteiger partial charge in [0.1, 0.15) is 0 Å². The van der Waals surface area contributed by atoms with Gasteiger partial charge < -0.3 is 0 Å². The van der Waals surface area contributed by atoms with Crippen LogP contribution in [0.25, 0.3) is 0 Å². The first-order valence-corrected chi connectivity index (χ1v) is 7.38. The van der Waals surface area contributed by atoms with Gasteiger partial charge in [0.15, 0.2) is 0 Å². The Morgan fingerprint density at radius 2 is 2.00 bits per heavy atom. The molecule has 0 N–H and O–H groups in total. The van der Waals surface area contributed by atoms with E-state index in [1.54, 1.807) is 0 Å². The Kier molecular flexibility index (Phi) is 3.27. The molecule has 0 aliphatic heterocycles. The minimum Gasteiger partial charge on any atom is -0.172 e. The van der Waals surface area contributed by atoms with E-state index in [1.807, 2.05) is 0 Å². The molecule has 2 aliphatic rings. The zero-order chi connectivity index (χ0) is 12.8. The average Bonchev–Trinajstić information content (AvgIpc) is 2.81. The van der Waals surface area contributed by atoms with Crippen molar-refractivity contribution < 1.29 is 0 Å². The smallest absolute Gasteiger partial charge is 0.0158 e. The lowest BCUT2D eigenvalue weighted by Gasteiger charge is -2.38. The van der Waals surface area contributed by atoms with Crippen molar-refractivity contribution >= 4 is 12.6 Å². The van der Waals surface area contributed by atoms with Crippen LogP contribution in [-0.4, -0.2) is 4.75 Å². The van der Waals surface area contributed by atoms with Gasteiger partial charge in [-0.1, -0.05) is 58.4 Å². The molecule has 0 aromatic heterocycles. The Bertz CT molecular complexity index is 364. The SMILES string of the molecule is CCC1=CC([C@]2(C)C[C@@H](C)[C@](C)(S)[C@H]2C)C=C1. The molecule has 0 saturated heterocycles. The van der Waals surface area contributed by atoms with Crippen LogP contribution in [0.4, 0.5) is 0 Å². The molecule has 1 fully saturated rings. The van der Waals surface area contributed by atoms with Crippen molar-refractivity contribution in [3.63, 3.8) is 0 Å². The summed E-state index contributed by atoms with van der Waals surface area (Å²) < 4.78 is 0.172. The summed E-state index contributed by atoms with van der Waals surface area (Å²) in [5.74, 6) is 1.96. The Labute approximate surface area is 112 Å². The molecule has 0 bridgehead atoms.